The van der Waals surface area contributed by atoms with Crippen molar-refractivity contribution in [2.75, 3.05) is 0 Å². The molecule has 4 heteroatoms. The highest BCUT2D eigenvalue weighted by atomic mass is 16.4. The van der Waals surface area contributed by atoms with Crippen molar-refractivity contribution in [3.8, 4) is 0 Å². The molecule has 0 heterocycles. The topological polar surface area (TPSA) is 74.6 Å². The minimum atomic E-state index is -1.62. The summed E-state index contributed by atoms with van der Waals surface area (Å²) < 4.78 is 0. The lowest BCUT2D eigenvalue weighted by Crippen LogP contribution is -2.39. The van der Waals surface area contributed by atoms with E-state index in [-0.39, 0.29) is 12.8 Å². The zero-order chi connectivity index (χ0) is 22.1. The fraction of sp³-hybridized carbons (Fsp3) is 0.692. The fourth-order valence-electron chi connectivity index (χ4n) is 4.14. The van der Waals surface area contributed by atoms with Gasteiger partial charge in [-0.2, -0.15) is 0 Å². The van der Waals surface area contributed by atoms with Crippen LogP contribution in [-0.4, -0.2) is 22.2 Å². The van der Waals surface area contributed by atoms with E-state index < -0.39 is 17.4 Å². The molecule has 1 rings (SSSR count). The van der Waals surface area contributed by atoms with Gasteiger partial charge in [-0.05, 0) is 31.2 Å². The first-order valence-corrected chi connectivity index (χ1v) is 12.0. The molecule has 2 N–H and O–H groups in total. The van der Waals surface area contributed by atoms with Crippen molar-refractivity contribution < 1.29 is 19.8 Å². The van der Waals surface area contributed by atoms with E-state index in [4.69, 9.17) is 0 Å². The lowest BCUT2D eigenvalue weighted by atomic mass is 9.78. The van der Waals surface area contributed by atoms with Crippen LogP contribution in [0, 0.1) is 5.41 Å². The molecule has 170 valence electrons. The van der Waals surface area contributed by atoms with Gasteiger partial charge in [-0.15, -0.1) is 0 Å². The number of hydrogen-bond donors (Lipinski definition) is 2. The Bertz CT molecular complexity index is 568. The summed E-state index contributed by atoms with van der Waals surface area (Å²) >= 11 is 0. The molecule has 0 fully saturated rings. The molecule has 0 aliphatic carbocycles. The van der Waals surface area contributed by atoms with E-state index in [2.05, 4.69) is 19.1 Å². The highest BCUT2D eigenvalue weighted by molar-refractivity contribution is 5.98. The summed E-state index contributed by atoms with van der Waals surface area (Å²) in [6.07, 6.45) is 15.4. The lowest BCUT2D eigenvalue weighted by Gasteiger charge is -2.25. The largest absolute Gasteiger partial charge is 0.480 e. The van der Waals surface area contributed by atoms with Gasteiger partial charge < -0.3 is 10.2 Å². The summed E-state index contributed by atoms with van der Waals surface area (Å²) in [4.78, 5) is 23.7. The Morgan fingerprint density at radius 1 is 0.667 bits per heavy atom. The van der Waals surface area contributed by atoms with Crippen LogP contribution in [0.3, 0.4) is 0 Å². The number of carboxylic acids is 2. The van der Waals surface area contributed by atoms with E-state index in [0.717, 1.165) is 32.1 Å². The molecule has 1 aromatic carbocycles. The van der Waals surface area contributed by atoms with Crippen LogP contribution in [0.2, 0.25) is 0 Å². The number of carbonyl (C=O) groups is 2. The Hall–Kier alpha value is -1.84. The van der Waals surface area contributed by atoms with E-state index in [1.807, 2.05) is 18.2 Å². The molecular formula is C26H42O4. The van der Waals surface area contributed by atoms with Crippen LogP contribution in [-0.2, 0) is 16.0 Å². The van der Waals surface area contributed by atoms with Crippen molar-refractivity contribution in [2.24, 2.45) is 5.41 Å². The number of benzene rings is 1. The predicted octanol–water partition coefficient (Wildman–Crippen LogP) is 7.26. The van der Waals surface area contributed by atoms with Crippen molar-refractivity contribution in [1.29, 1.82) is 0 Å². The molecule has 0 aliphatic heterocycles. The van der Waals surface area contributed by atoms with E-state index in [1.54, 1.807) is 0 Å². The molecule has 0 unspecified atom stereocenters. The Morgan fingerprint density at radius 2 is 1.10 bits per heavy atom. The molecule has 1 aromatic rings. The van der Waals surface area contributed by atoms with Crippen molar-refractivity contribution in [3.63, 3.8) is 0 Å². The quantitative estimate of drug-likeness (QED) is 0.183. The van der Waals surface area contributed by atoms with Gasteiger partial charge in [-0.1, -0.05) is 114 Å². The first-order chi connectivity index (χ1) is 14.5. The molecule has 0 atom stereocenters. The predicted molar refractivity (Wildman–Crippen MR) is 123 cm³/mol. The second kappa shape index (κ2) is 15.9. The van der Waals surface area contributed by atoms with Crippen molar-refractivity contribution in [1.82, 2.24) is 0 Å². The maximum Gasteiger partial charge on any atom is 0.321 e. The summed E-state index contributed by atoms with van der Waals surface area (Å²) in [7, 11) is 0. The molecule has 0 saturated carbocycles. The lowest BCUT2D eigenvalue weighted by molar-refractivity contribution is -0.166. The number of unbranched alkanes of at least 4 members (excludes halogenated alkanes) is 11. The molecular weight excluding hydrogens is 376 g/mol. The van der Waals surface area contributed by atoms with Gasteiger partial charge in [0.2, 0.25) is 0 Å². The second-order valence-electron chi connectivity index (χ2n) is 8.67. The first-order valence-electron chi connectivity index (χ1n) is 12.0. The van der Waals surface area contributed by atoms with Gasteiger partial charge in [-0.3, -0.25) is 9.59 Å². The van der Waals surface area contributed by atoms with E-state index >= 15 is 0 Å². The summed E-state index contributed by atoms with van der Waals surface area (Å²) in [6, 6.07) is 10.2. The van der Waals surface area contributed by atoms with Gasteiger partial charge >= 0.3 is 11.9 Å². The molecule has 0 radical (unpaired) electrons. The maximum absolute atomic E-state index is 11.9. The van der Waals surface area contributed by atoms with Crippen LogP contribution < -0.4 is 0 Å². The van der Waals surface area contributed by atoms with Gasteiger partial charge in [0.25, 0.3) is 0 Å². The Morgan fingerprint density at radius 3 is 1.57 bits per heavy atom. The molecule has 30 heavy (non-hydrogen) atoms. The molecule has 0 saturated heterocycles. The minimum Gasteiger partial charge on any atom is -0.480 e. The van der Waals surface area contributed by atoms with E-state index in [9.17, 15) is 19.8 Å². The number of aliphatic carboxylic acids is 2. The molecule has 0 spiro atoms. The van der Waals surface area contributed by atoms with Gasteiger partial charge in [0.1, 0.15) is 0 Å². The SMILES string of the molecule is CCCCCCCCCCCCC(CCCCCc1ccccc1)(C(=O)O)C(=O)O. The van der Waals surface area contributed by atoms with Gasteiger partial charge in [-0.25, -0.2) is 0 Å². The highest BCUT2D eigenvalue weighted by Gasteiger charge is 2.45. The van der Waals surface area contributed by atoms with Crippen LogP contribution in [0.4, 0.5) is 0 Å². The van der Waals surface area contributed by atoms with Gasteiger partial charge in [0, 0.05) is 0 Å². The fourth-order valence-corrected chi connectivity index (χ4v) is 4.14. The summed E-state index contributed by atoms with van der Waals surface area (Å²) in [6.45, 7) is 2.22. The average molecular weight is 419 g/mol. The molecule has 0 amide bonds. The minimum absolute atomic E-state index is 0.226. The van der Waals surface area contributed by atoms with Crippen molar-refractivity contribution in [2.45, 2.75) is 110 Å². The third-order valence-corrected chi connectivity index (χ3v) is 6.19. The summed E-state index contributed by atoms with van der Waals surface area (Å²) in [5.41, 5.74) is -0.349. The normalized spacial score (nSPS) is 11.5. The van der Waals surface area contributed by atoms with Crippen molar-refractivity contribution in [3.05, 3.63) is 35.9 Å². The Balaban J connectivity index is 2.28. The van der Waals surface area contributed by atoms with E-state index in [1.165, 1.54) is 50.5 Å². The zero-order valence-electron chi connectivity index (χ0n) is 18.9. The molecule has 4 nitrogen and oxygen atoms in total. The van der Waals surface area contributed by atoms with Gasteiger partial charge in [0.05, 0.1) is 0 Å². The van der Waals surface area contributed by atoms with Crippen LogP contribution in [0.25, 0.3) is 0 Å². The second-order valence-corrected chi connectivity index (χ2v) is 8.67. The van der Waals surface area contributed by atoms with Crippen LogP contribution in [0.1, 0.15) is 109 Å². The smallest absolute Gasteiger partial charge is 0.321 e. The van der Waals surface area contributed by atoms with Gasteiger partial charge in [0.15, 0.2) is 5.41 Å². The monoisotopic (exact) mass is 418 g/mol. The summed E-state index contributed by atoms with van der Waals surface area (Å²) in [5.74, 6) is -2.34. The number of carboxylic acid groups (broad SMARTS) is 2. The Kier molecular flexibility index (Phi) is 13.9. The molecule has 0 aliphatic rings. The first kappa shape index (κ1) is 26.2. The van der Waals surface area contributed by atoms with Crippen LogP contribution in [0.15, 0.2) is 30.3 Å². The third kappa shape index (κ3) is 10.3. The number of aryl methyl sites for hydroxylation is 1. The molecule has 0 aromatic heterocycles. The summed E-state index contributed by atoms with van der Waals surface area (Å²) in [5, 5.41) is 19.4. The molecule has 0 bridgehead atoms. The van der Waals surface area contributed by atoms with Crippen LogP contribution in [0.5, 0.6) is 0 Å². The average Bonchev–Trinajstić information content (AvgIpc) is 2.73. The number of rotatable bonds is 19. The third-order valence-electron chi connectivity index (χ3n) is 6.19. The van der Waals surface area contributed by atoms with Crippen molar-refractivity contribution >= 4 is 11.9 Å². The van der Waals surface area contributed by atoms with E-state index in [0.29, 0.717) is 12.8 Å². The van der Waals surface area contributed by atoms with Crippen LogP contribution >= 0.6 is 0 Å². The standard InChI is InChI=1S/C26H42O4/c1-2-3-4-5-6-7-8-9-10-16-21-26(24(27)28,25(29)30)22-17-12-15-20-23-18-13-11-14-19-23/h11,13-14,18-19H,2-10,12,15-17,20-22H2,1H3,(H,27,28)(H,29,30). The zero-order valence-corrected chi connectivity index (χ0v) is 18.9. The maximum atomic E-state index is 11.9. The highest BCUT2D eigenvalue weighted by Crippen LogP contribution is 2.33. The number of hydrogen-bond acceptors (Lipinski definition) is 2. The Labute approximate surface area is 183 Å².